The Hall–Kier alpha value is -1.29. The molecule has 3 nitrogen and oxygen atoms in total. The van der Waals surface area contributed by atoms with Crippen LogP contribution in [0.2, 0.25) is 10.0 Å². The van der Waals surface area contributed by atoms with Gasteiger partial charge in [0.05, 0.1) is 5.02 Å². The summed E-state index contributed by atoms with van der Waals surface area (Å²) in [6.07, 6.45) is 2.76. The third kappa shape index (κ3) is 4.17. The lowest BCUT2D eigenvalue weighted by Gasteiger charge is -2.36. The number of hydrogen-bond acceptors (Lipinski definition) is 3. The summed E-state index contributed by atoms with van der Waals surface area (Å²) in [4.78, 5) is 4.24. The topological polar surface area (TPSA) is 34.1 Å². The van der Waals surface area contributed by atoms with E-state index in [4.69, 9.17) is 27.9 Å². The lowest BCUT2D eigenvalue weighted by Crippen LogP contribution is -2.41. The van der Waals surface area contributed by atoms with Crippen LogP contribution >= 0.6 is 23.2 Å². The van der Waals surface area contributed by atoms with E-state index in [0.29, 0.717) is 22.7 Å². The number of nitrogens with zero attached hydrogens (tertiary/aromatic N) is 1. The Morgan fingerprint density at radius 3 is 2.57 bits per heavy atom. The molecule has 1 fully saturated rings. The minimum absolute atomic E-state index is 0.0754. The van der Waals surface area contributed by atoms with Crippen LogP contribution in [0.4, 0.5) is 0 Å². The summed E-state index contributed by atoms with van der Waals surface area (Å²) >= 11 is 11.9. The van der Waals surface area contributed by atoms with Crippen LogP contribution in [0.1, 0.15) is 24.8 Å². The fraction of sp³-hybridized carbons (Fsp3) is 0.389. The maximum atomic E-state index is 6.06. The number of nitrogens with one attached hydrogen (secondary N) is 1. The zero-order chi connectivity index (χ0) is 16.2. The molecule has 2 heterocycles. The van der Waals surface area contributed by atoms with Gasteiger partial charge >= 0.3 is 0 Å². The Labute approximate surface area is 147 Å². The highest BCUT2D eigenvalue weighted by molar-refractivity contribution is 6.30. The molecule has 0 amide bonds. The predicted octanol–water partition coefficient (Wildman–Crippen LogP) is 4.55. The number of ether oxygens (including phenoxy) is 1. The molecule has 1 aliphatic heterocycles. The van der Waals surface area contributed by atoms with Crippen molar-refractivity contribution < 1.29 is 4.74 Å². The van der Waals surface area contributed by atoms with Crippen LogP contribution < -0.4 is 10.1 Å². The normalized spacial score (nSPS) is 22.6. The molecular weight excluding hydrogens is 331 g/mol. The molecule has 1 N–H and O–H groups in total. The van der Waals surface area contributed by atoms with Crippen LogP contribution in [0.5, 0.6) is 5.88 Å². The molecule has 23 heavy (non-hydrogen) atoms. The second kappa shape index (κ2) is 7.52. The van der Waals surface area contributed by atoms with E-state index in [1.54, 1.807) is 12.3 Å². The first kappa shape index (κ1) is 16.6. The zero-order valence-electron chi connectivity index (χ0n) is 13.0. The Kier molecular flexibility index (Phi) is 5.42. The van der Waals surface area contributed by atoms with Gasteiger partial charge in [0.15, 0.2) is 0 Å². The van der Waals surface area contributed by atoms with E-state index in [1.165, 1.54) is 5.56 Å². The van der Waals surface area contributed by atoms with Crippen molar-refractivity contribution in [2.24, 2.45) is 5.92 Å². The third-order valence-electron chi connectivity index (χ3n) is 4.44. The van der Waals surface area contributed by atoms with E-state index >= 15 is 0 Å². The highest BCUT2D eigenvalue weighted by Crippen LogP contribution is 2.33. The van der Waals surface area contributed by atoms with Crippen molar-refractivity contribution in [3.63, 3.8) is 0 Å². The summed E-state index contributed by atoms with van der Waals surface area (Å²) in [5, 5.41) is 4.87. The first-order valence-electron chi connectivity index (χ1n) is 7.88. The molecule has 0 aliphatic carbocycles. The molecule has 3 atom stereocenters. The van der Waals surface area contributed by atoms with Gasteiger partial charge in [0, 0.05) is 35.7 Å². The Morgan fingerprint density at radius 1 is 1.13 bits per heavy atom. The van der Waals surface area contributed by atoms with Gasteiger partial charge in [0.1, 0.15) is 6.10 Å². The van der Waals surface area contributed by atoms with Gasteiger partial charge in [-0.3, -0.25) is 0 Å². The van der Waals surface area contributed by atoms with Crippen LogP contribution in [0.3, 0.4) is 0 Å². The van der Waals surface area contributed by atoms with Crippen LogP contribution in [0.25, 0.3) is 0 Å². The van der Waals surface area contributed by atoms with E-state index in [-0.39, 0.29) is 6.10 Å². The predicted molar refractivity (Wildman–Crippen MR) is 94.5 cm³/mol. The standard InChI is InChI=1S/C18H20Cl2N2O/c1-12(23-18-7-6-15(20)10-22-18)16-8-9-21-11-17(16)13-2-4-14(19)5-3-13/h2-7,10,12,16-17,21H,8-9,11H2,1H3/t12-,16-,17-/m0/s1. The number of hydrogen-bond donors (Lipinski definition) is 1. The molecule has 1 aliphatic rings. The van der Waals surface area contributed by atoms with Gasteiger partial charge in [-0.05, 0) is 43.7 Å². The molecule has 3 rings (SSSR count). The van der Waals surface area contributed by atoms with Gasteiger partial charge in [-0.2, -0.15) is 0 Å². The smallest absolute Gasteiger partial charge is 0.213 e. The molecule has 5 heteroatoms. The molecule has 1 aromatic heterocycles. The van der Waals surface area contributed by atoms with Crippen LogP contribution in [0, 0.1) is 5.92 Å². The quantitative estimate of drug-likeness (QED) is 0.878. The zero-order valence-corrected chi connectivity index (χ0v) is 14.5. The molecule has 0 spiro atoms. The summed E-state index contributed by atoms with van der Waals surface area (Å²) < 4.78 is 6.06. The number of pyridine rings is 1. The highest BCUT2D eigenvalue weighted by Gasteiger charge is 2.32. The number of benzene rings is 1. The van der Waals surface area contributed by atoms with Crippen molar-refractivity contribution in [1.82, 2.24) is 10.3 Å². The fourth-order valence-electron chi connectivity index (χ4n) is 3.23. The van der Waals surface area contributed by atoms with Crippen molar-refractivity contribution in [1.29, 1.82) is 0 Å². The van der Waals surface area contributed by atoms with Crippen molar-refractivity contribution in [2.45, 2.75) is 25.4 Å². The lowest BCUT2D eigenvalue weighted by atomic mass is 9.78. The van der Waals surface area contributed by atoms with Gasteiger partial charge in [-0.25, -0.2) is 4.98 Å². The summed E-state index contributed by atoms with van der Waals surface area (Å²) in [5.74, 6) is 1.45. The first-order chi connectivity index (χ1) is 11.1. The van der Waals surface area contributed by atoms with Crippen molar-refractivity contribution >= 4 is 23.2 Å². The van der Waals surface area contributed by atoms with Crippen molar-refractivity contribution in [3.05, 3.63) is 58.2 Å². The van der Waals surface area contributed by atoms with E-state index < -0.39 is 0 Å². The largest absolute Gasteiger partial charge is 0.474 e. The average Bonchev–Trinajstić information content (AvgIpc) is 2.58. The molecule has 1 aromatic carbocycles. The minimum atomic E-state index is 0.0754. The molecule has 0 unspecified atom stereocenters. The Bertz CT molecular complexity index is 630. The van der Waals surface area contributed by atoms with Gasteiger partial charge in [0.25, 0.3) is 0 Å². The summed E-state index contributed by atoms with van der Waals surface area (Å²) in [6, 6.07) is 11.7. The number of piperidine rings is 1. The lowest BCUT2D eigenvalue weighted by molar-refractivity contribution is 0.108. The van der Waals surface area contributed by atoms with Crippen molar-refractivity contribution in [3.8, 4) is 5.88 Å². The first-order valence-corrected chi connectivity index (χ1v) is 8.63. The monoisotopic (exact) mass is 350 g/mol. The summed E-state index contributed by atoms with van der Waals surface area (Å²) in [6.45, 7) is 4.08. The number of aromatic nitrogens is 1. The van der Waals surface area contributed by atoms with E-state index in [1.807, 2.05) is 18.2 Å². The SMILES string of the molecule is C[C@H](Oc1ccc(Cl)cn1)[C@@H]1CCNC[C@H]1c1ccc(Cl)cc1. The number of rotatable bonds is 4. The van der Waals surface area contributed by atoms with Crippen LogP contribution in [0.15, 0.2) is 42.6 Å². The second-order valence-corrected chi connectivity index (χ2v) is 6.83. The molecule has 1 saturated heterocycles. The summed E-state index contributed by atoms with van der Waals surface area (Å²) in [7, 11) is 0. The molecule has 2 aromatic rings. The third-order valence-corrected chi connectivity index (χ3v) is 4.92. The molecule has 0 saturated carbocycles. The van der Waals surface area contributed by atoms with Gasteiger partial charge in [0.2, 0.25) is 5.88 Å². The summed E-state index contributed by atoms with van der Waals surface area (Å²) in [5.41, 5.74) is 1.30. The van der Waals surface area contributed by atoms with Crippen LogP contribution in [-0.4, -0.2) is 24.2 Å². The average molecular weight is 351 g/mol. The number of halogens is 2. The molecular formula is C18H20Cl2N2O. The van der Waals surface area contributed by atoms with Crippen molar-refractivity contribution in [2.75, 3.05) is 13.1 Å². The molecule has 122 valence electrons. The Balaban J connectivity index is 1.74. The molecule has 0 radical (unpaired) electrons. The van der Waals surface area contributed by atoms with Gasteiger partial charge in [-0.1, -0.05) is 35.3 Å². The minimum Gasteiger partial charge on any atom is -0.474 e. The Morgan fingerprint density at radius 2 is 1.87 bits per heavy atom. The second-order valence-electron chi connectivity index (χ2n) is 5.95. The highest BCUT2D eigenvalue weighted by atomic mass is 35.5. The van der Waals surface area contributed by atoms with Crippen LogP contribution in [-0.2, 0) is 0 Å². The molecule has 0 bridgehead atoms. The van der Waals surface area contributed by atoms with Gasteiger partial charge < -0.3 is 10.1 Å². The fourth-order valence-corrected chi connectivity index (χ4v) is 3.46. The van der Waals surface area contributed by atoms with Gasteiger partial charge in [-0.15, -0.1) is 0 Å². The van der Waals surface area contributed by atoms with E-state index in [2.05, 4.69) is 29.4 Å². The maximum Gasteiger partial charge on any atom is 0.213 e. The van der Waals surface area contributed by atoms with E-state index in [0.717, 1.165) is 24.5 Å². The van der Waals surface area contributed by atoms with E-state index in [9.17, 15) is 0 Å². The maximum absolute atomic E-state index is 6.06.